The Kier molecular flexibility index (Phi) is 4.33. The van der Waals surface area contributed by atoms with Crippen LogP contribution >= 0.6 is 0 Å². The van der Waals surface area contributed by atoms with Crippen LogP contribution in [0.5, 0.6) is 11.5 Å². The first-order chi connectivity index (χ1) is 15.9. The Labute approximate surface area is 188 Å². The molecular weight excluding hydrogens is 430 g/mol. The van der Waals surface area contributed by atoms with Crippen molar-refractivity contribution in [3.8, 4) is 22.8 Å². The van der Waals surface area contributed by atoms with Gasteiger partial charge in [0.1, 0.15) is 23.6 Å². The lowest BCUT2D eigenvalue weighted by atomic mass is 9.96. The fourth-order valence-corrected chi connectivity index (χ4v) is 4.73. The number of nitrogens with one attached hydrogen (secondary N) is 2. The molecule has 0 unspecified atom stereocenters. The van der Waals surface area contributed by atoms with E-state index in [4.69, 9.17) is 4.98 Å². The Morgan fingerprint density at radius 2 is 1.82 bits per heavy atom. The molecule has 0 aliphatic carbocycles. The van der Waals surface area contributed by atoms with Gasteiger partial charge in [-0.05, 0) is 51.0 Å². The van der Waals surface area contributed by atoms with Gasteiger partial charge in [-0.1, -0.05) is 0 Å². The Morgan fingerprint density at radius 3 is 2.64 bits per heavy atom. The molecule has 0 saturated carbocycles. The van der Waals surface area contributed by atoms with Crippen molar-refractivity contribution in [3.63, 3.8) is 0 Å². The Balaban J connectivity index is 1.20. The number of fused-ring (bicyclic) bond motifs is 2. The maximum Gasteiger partial charge on any atom is 0.586 e. The van der Waals surface area contributed by atoms with Gasteiger partial charge in [-0.25, -0.2) is 15.0 Å². The van der Waals surface area contributed by atoms with E-state index in [0.29, 0.717) is 5.56 Å². The number of imidazole rings is 1. The van der Waals surface area contributed by atoms with Crippen molar-refractivity contribution in [2.24, 2.45) is 0 Å². The Hall–Kier alpha value is -3.69. The topological polar surface area (TPSA) is 91.9 Å². The van der Waals surface area contributed by atoms with Crippen LogP contribution < -0.4 is 14.4 Å². The van der Waals surface area contributed by atoms with Gasteiger partial charge in [0.2, 0.25) is 0 Å². The zero-order chi connectivity index (χ0) is 22.7. The number of hydrogen-bond donors (Lipinski definition) is 2. The lowest BCUT2D eigenvalue weighted by molar-refractivity contribution is -0.286. The van der Waals surface area contributed by atoms with Crippen LogP contribution in [0.25, 0.3) is 22.3 Å². The number of H-pyrrole nitrogens is 2. The number of halogens is 2. The molecule has 170 valence electrons. The summed E-state index contributed by atoms with van der Waals surface area (Å²) >= 11 is 0. The van der Waals surface area contributed by atoms with Crippen LogP contribution in [0.2, 0.25) is 0 Å². The summed E-state index contributed by atoms with van der Waals surface area (Å²) in [5.74, 6) is 2.19. The van der Waals surface area contributed by atoms with Crippen molar-refractivity contribution in [1.29, 1.82) is 0 Å². The number of aromatic amines is 2. The van der Waals surface area contributed by atoms with Crippen LogP contribution in [0.3, 0.4) is 0 Å². The van der Waals surface area contributed by atoms with Gasteiger partial charge in [0.05, 0.1) is 11.1 Å². The van der Waals surface area contributed by atoms with Crippen molar-refractivity contribution >= 4 is 16.9 Å². The summed E-state index contributed by atoms with van der Waals surface area (Å²) in [6, 6.07) is 6.84. The number of anilines is 1. The number of alkyl halides is 2. The first-order valence-corrected chi connectivity index (χ1v) is 10.9. The highest BCUT2D eigenvalue weighted by Gasteiger charge is 2.43. The van der Waals surface area contributed by atoms with Gasteiger partial charge < -0.3 is 24.3 Å². The fraction of sp³-hybridized carbons (Fsp3) is 0.348. The van der Waals surface area contributed by atoms with Crippen LogP contribution in [0.4, 0.5) is 14.6 Å². The van der Waals surface area contributed by atoms with Crippen molar-refractivity contribution < 1.29 is 18.3 Å². The molecule has 6 rings (SSSR count). The molecule has 0 radical (unpaired) electrons. The van der Waals surface area contributed by atoms with Crippen molar-refractivity contribution in [2.45, 2.75) is 38.9 Å². The summed E-state index contributed by atoms with van der Waals surface area (Å²) in [5.41, 5.74) is 4.24. The lowest BCUT2D eigenvalue weighted by Gasteiger charge is -2.32. The van der Waals surface area contributed by atoms with Gasteiger partial charge in [-0.2, -0.15) is 0 Å². The average Bonchev–Trinajstić information content (AvgIpc) is 3.45. The normalized spacial score (nSPS) is 17.8. The number of rotatable bonds is 3. The molecular formula is C23H22F2N6O2. The molecule has 1 fully saturated rings. The van der Waals surface area contributed by atoms with Crippen LogP contribution in [0, 0.1) is 13.8 Å². The minimum atomic E-state index is -3.63. The quantitative estimate of drug-likeness (QED) is 0.469. The predicted molar refractivity (Wildman–Crippen MR) is 118 cm³/mol. The zero-order valence-electron chi connectivity index (χ0n) is 18.2. The van der Waals surface area contributed by atoms with E-state index in [0.717, 1.165) is 65.7 Å². The minimum absolute atomic E-state index is 0.0194. The Bertz CT molecular complexity index is 1360. The van der Waals surface area contributed by atoms with E-state index in [2.05, 4.69) is 40.4 Å². The predicted octanol–water partition coefficient (Wildman–Crippen LogP) is 4.67. The van der Waals surface area contributed by atoms with Gasteiger partial charge in [0.15, 0.2) is 11.5 Å². The zero-order valence-corrected chi connectivity index (χ0v) is 18.2. The highest BCUT2D eigenvalue weighted by atomic mass is 19.3. The largest absolute Gasteiger partial charge is 0.586 e. The van der Waals surface area contributed by atoms with Gasteiger partial charge in [-0.3, -0.25) is 0 Å². The minimum Gasteiger partial charge on any atom is -0.395 e. The molecule has 2 aliphatic rings. The Morgan fingerprint density at radius 1 is 1.03 bits per heavy atom. The van der Waals surface area contributed by atoms with Crippen LogP contribution in [-0.4, -0.2) is 44.3 Å². The molecule has 1 aromatic carbocycles. The molecule has 1 saturated heterocycles. The molecule has 0 spiro atoms. The van der Waals surface area contributed by atoms with E-state index >= 15 is 0 Å². The summed E-state index contributed by atoms with van der Waals surface area (Å²) < 4.78 is 35.8. The summed E-state index contributed by atoms with van der Waals surface area (Å²) in [4.78, 5) is 22.7. The smallest absolute Gasteiger partial charge is 0.395 e. The number of piperidine rings is 1. The molecule has 2 aliphatic heterocycles. The van der Waals surface area contributed by atoms with Crippen molar-refractivity contribution in [1.82, 2.24) is 24.9 Å². The third-order valence-corrected chi connectivity index (χ3v) is 6.30. The second-order valence-corrected chi connectivity index (χ2v) is 8.60. The van der Waals surface area contributed by atoms with E-state index < -0.39 is 6.29 Å². The molecule has 10 heteroatoms. The molecule has 4 aromatic rings. The van der Waals surface area contributed by atoms with Crippen molar-refractivity contribution in [2.75, 3.05) is 18.0 Å². The van der Waals surface area contributed by atoms with E-state index in [-0.39, 0.29) is 17.4 Å². The highest BCUT2D eigenvalue weighted by molar-refractivity contribution is 5.88. The third-order valence-electron chi connectivity index (χ3n) is 6.30. The van der Waals surface area contributed by atoms with Gasteiger partial charge in [0.25, 0.3) is 0 Å². The second-order valence-electron chi connectivity index (χ2n) is 8.60. The molecule has 8 nitrogen and oxygen atoms in total. The summed E-state index contributed by atoms with van der Waals surface area (Å²) in [5, 5.41) is 1.04. The standard InChI is InChI=1S/C23H22F2N6O2/c1-12-9-16-21(28-12)26-11-27-22(16)31-7-5-14(6-8-31)20-29-13(2)19(30-20)15-3-4-17-18(10-15)33-23(24,25)32-17/h3-4,9-11,14H,5-8H2,1-2H3,(H,29,30)(H,26,27,28). The second kappa shape index (κ2) is 7.16. The fourth-order valence-electron chi connectivity index (χ4n) is 4.73. The first kappa shape index (κ1) is 20.0. The number of nitrogens with zero attached hydrogens (tertiary/aromatic N) is 4. The van der Waals surface area contributed by atoms with E-state index in [1.165, 1.54) is 6.07 Å². The highest BCUT2D eigenvalue weighted by Crippen LogP contribution is 2.43. The summed E-state index contributed by atoms with van der Waals surface area (Å²) in [6.45, 7) is 5.66. The van der Waals surface area contributed by atoms with Crippen molar-refractivity contribution in [3.05, 3.63) is 47.8 Å². The monoisotopic (exact) mass is 452 g/mol. The lowest BCUT2D eigenvalue weighted by Crippen LogP contribution is -2.33. The maximum absolute atomic E-state index is 13.4. The maximum atomic E-state index is 13.4. The molecule has 0 atom stereocenters. The van der Waals surface area contributed by atoms with Crippen LogP contribution in [0.1, 0.15) is 36.0 Å². The molecule has 2 N–H and O–H groups in total. The third kappa shape index (κ3) is 3.46. The number of ether oxygens (including phenoxy) is 2. The summed E-state index contributed by atoms with van der Waals surface area (Å²) in [6.07, 6.45) is -0.179. The van der Waals surface area contributed by atoms with Gasteiger partial charge in [-0.15, -0.1) is 8.78 Å². The van der Waals surface area contributed by atoms with E-state index in [1.54, 1.807) is 18.5 Å². The molecule has 5 heterocycles. The number of aryl methyl sites for hydroxylation is 2. The van der Waals surface area contributed by atoms with E-state index in [1.807, 2.05) is 13.8 Å². The first-order valence-electron chi connectivity index (χ1n) is 10.9. The van der Waals surface area contributed by atoms with Crippen LogP contribution in [-0.2, 0) is 0 Å². The van der Waals surface area contributed by atoms with Crippen LogP contribution in [0.15, 0.2) is 30.6 Å². The number of hydrogen-bond acceptors (Lipinski definition) is 6. The number of benzene rings is 1. The summed E-state index contributed by atoms with van der Waals surface area (Å²) in [7, 11) is 0. The molecule has 0 bridgehead atoms. The van der Waals surface area contributed by atoms with Gasteiger partial charge >= 0.3 is 6.29 Å². The van der Waals surface area contributed by atoms with E-state index in [9.17, 15) is 8.78 Å². The average molecular weight is 452 g/mol. The molecule has 0 amide bonds. The number of aromatic nitrogens is 5. The molecule has 3 aromatic heterocycles. The molecule has 33 heavy (non-hydrogen) atoms. The van der Waals surface area contributed by atoms with Gasteiger partial charge in [0, 0.05) is 36.0 Å². The SMILES string of the molecule is Cc1cc2c(N3CCC(c4nc(-c5ccc6c(c5)OC(F)(F)O6)c(C)[nH]4)CC3)ncnc2[nH]1.